The summed E-state index contributed by atoms with van der Waals surface area (Å²) in [5.74, 6) is 3.01. The summed E-state index contributed by atoms with van der Waals surface area (Å²) in [5.41, 5.74) is 2.11. The maximum absolute atomic E-state index is 5.96. The number of benzene rings is 2. The van der Waals surface area contributed by atoms with Crippen LogP contribution < -0.4 is 20.1 Å². The van der Waals surface area contributed by atoms with Gasteiger partial charge in [-0.25, -0.2) is 4.98 Å². The zero-order chi connectivity index (χ0) is 19.2. The summed E-state index contributed by atoms with van der Waals surface area (Å²) in [5, 5.41) is 13.4. The van der Waals surface area contributed by atoms with Gasteiger partial charge in [-0.3, -0.25) is 10.1 Å². The first-order valence-corrected chi connectivity index (χ1v) is 9.09. The van der Waals surface area contributed by atoms with Crippen LogP contribution in [0, 0.1) is 0 Å². The number of hydrogen-bond donors (Lipinski definition) is 3. The number of ether oxygens (including phenoxy) is 2. The van der Waals surface area contributed by atoms with Gasteiger partial charge < -0.3 is 20.1 Å². The molecule has 0 saturated carbocycles. The first-order valence-electron chi connectivity index (χ1n) is 9.09. The van der Waals surface area contributed by atoms with Gasteiger partial charge in [0.05, 0.1) is 6.54 Å². The molecule has 1 unspecified atom stereocenters. The van der Waals surface area contributed by atoms with E-state index >= 15 is 0 Å². The fourth-order valence-corrected chi connectivity index (χ4v) is 2.95. The van der Waals surface area contributed by atoms with E-state index in [0.717, 1.165) is 28.5 Å². The smallest absolute Gasteiger partial charge is 0.191 e. The van der Waals surface area contributed by atoms with E-state index in [9.17, 15) is 0 Å². The molecular formula is C20H23IN6O2. The van der Waals surface area contributed by atoms with Crippen molar-refractivity contribution < 1.29 is 9.47 Å². The van der Waals surface area contributed by atoms with Gasteiger partial charge in [0, 0.05) is 19.2 Å². The SMILES string of the molecule is CN=C(NCc1cccc(-c2ncn[nH]2)c1)NCC1COc2ccccc2O1.I. The van der Waals surface area contributed by atoms with Crippen LogP contribution in [0.2, 0.25) is 0 Å². The predicted molar refractivity (Wildman–Crippen MR) is 122 cm³/mol. The number of halogens is 1. The molecule has 8 nitrogen and oxygen atoms in total. The van der Waals surface area contributed by atoms with Crippen molar-refractivity contribution in [3.05, 3.63) is 60.4 Å². The zero-order valence-electron chi connectivity index (χ0n) is 16.0. The molecule has 3 aromatic rings. The minimum absolute atomic E-state index is 0. The summed E-state index contributed by atoms with van der Waals surface area (Å²) in [6, 6.07) is 15.8. The molecule has 0 spiro atoms. The Morgan fingerprint density at radius 3 is 2.83 bits per heavy atom. The normalized spacial score (nSPS) is 15.3. The molecule has 1 atom stereocenters. The fraction of sp³-hybridized carbons (Fsp3) is 0.250. The predicted octanol–water partition coefficient (Wildman–Crippen LogP) is 2.59. The third-order valence-corrected chi connectivity index (χ3v) is 4.36. The molecule has 2 heterocycles. The van der Waals surface area contributed by atoms with Crippen LogP contribution >= 0.6 is 24.0 Å². The number of para-hydroxylation sites is 2. The Morgan fingerprint density at radius 1 is 1.17 bits per heavy atom. The molecule has 0 amide bonds. The second-order valence-electron chi connectivity index (χ2n) is 6.34. The lowest BCUT2D eigenvalue weighted by Crippen LogP contribution is -2.45. The van der Waals surface area contributed by atoms with Gasteiger partial charge in [0.1, 0.15) is 19.0 Å². The molecule has 0 bridgehead atoms. The van der Waals surface area contributed by atoms with Crippen molar-refractivity contribution in [2.75, 3.05) is 20.2 Å². The number of aromatic amines is 1. The molecule has 9 heteroatoms. The second kappa shape index (κ2) is 10.1. The lowest BCUT2D eigenvalue weighted by atomic mass is 10.1. The molecule has 1 aliphatic heterocycles. The van der Waals surface area contributed by atoms with E-state index in [1.54, 1.807) is 7.05 Å². The summed E-state index contributed by atoms with van der Waals surface area (Å²) in [7, 11) is 1.74. The minimum atomic E-state index is -0.0803. The monoisotopic (exact) mass is 506 g/mol. The molecular weight excluding hydrogens is 483 g/mol. The number of nitrogens with zero attached hydrogens (tertiary/aromatic N) is 3. The molecule has 0 saturated heterocycles. The van der Waals surface area contributed by atoms with Gasteiger partial charge >= 0.3 is 0 Å². The Hall–Kier alpha value is -2.82. The highest BCUT2D eigenvalue weighted by atomic mass is 127. The number of aliphatic imine (C=N–C) groups is 1. The summed E-state index contributed by atoms with van der Waals surface area (Å²) < 4.78 is 11.7. The maximum Gasteiger partial charge on any atom is 0.191 e. The van der Waals surface area contributed by atoms with E-state index in [0.29, 0.717) is 25.7 Å². The van der Waals surface area contributed by atoms with Crippen molar-refractivity contribution >= 4 is 29.9 Å². The number of guanidine groups is 1. The number of nitrogens with one attached hydrogen (secondary N) is 3. The van der Waals surface area contributed by atoms with Crippen LogP contribution in [0.15, 0.2) is 59.9 Å². The third-order valence-electron chi connectivity index (χ3n) is 4.36. The number of H-pyrrole nitrogens is 1. The molecule has 0 fully saturated rings. The van der Waals surface area contributed by atoms with Crippen molar-refractivity contribution in [2.24, 2.45) is 4.99 Å². The van der Waals surface area contributed by atoms with Crippen molar-refractivity contribution in [1.82, 2.24) is 25.8 Å². The molecule has 29 heavy (non-hydrogen) atoms. The number of hydrogen-bond acceptors (Lipinski definition) is 5. The van der Waals surface area contributed by atoms with E-state index in [4.69, 9.17) is 9.47 Å². The van der Waals surface area contributed by atoms with Crippen molar-refractivity contribution in [3.63, 3.8) is 0 Å². The van der Waals surface area contributed by atoms with E-state index in [2.05, 4.69) is 42.9 Å². The number of rotatable bonds is 5. The van der Waals surface area contributed by atoms with Gasteiger partial charge in [-0.2, -0.15) is 5.10 Å². The Bertz CT molecular complexity index is 948. The average Bonchev–Trinajstić information content (AvgIpc) is 3.29. The van der Waals surface area contributed by atoms with E-state index in [1.807, 2.05) is 36.4 Å². The molecule has 3 N–H and O–H groups in total. The van der Waals surface area contributed by atoms with Crippen LogP contribution in [0.25, 0.3) is 11.4 Å². The first kappa shape index (κ1) is 20.9. The van der Waals surface area contributed by atoms with Crippen LogP contribution in [0.3, 0.4) is 0 Å². The maximum atomic E-state index is 5.96. The molecule has 0 radical (unpaired) electrons. The van der Waals surface area contributed by atoms with Crippen LogP contribution in [0.4, 0.5) is 0 Å². The molecule has 2 aromatic carbocycles. The van der Waals surface area contributed by atoms with Crippen molar-refractivity contribution in [3.8, 4) is 22.9 Å². The zero-order valence-corrected chi connectivity index (χ0v) is 18.3. The molecule has 152 valence electrons. The standard InChI is InChI=1S/C20H22N6O2.HI/c1-21-20(23-11-16-12-27-17-7-2-3-8-18(17)28-16)22-10-14-5-4-6-15(9-14)19-24-13-25-26-19;/h2-9,13,16H,10-12H2,1H3,(H2,21,22,23)(H,24,25,26);1H. The Balaban J connectivity index is 0.00000240. The van der Waals surface area contributed by atoms with Gasteiger partial charge in [0.25, 0.3) is 0 Å². The highest BCUT2D eigenvalue weighted by Crippen LogP contribution is 2.30. The van der Waals surface area contributed by atoms with Crippen molar-refractivity contribution in [2.45, 2.75) is 12.6 Å². The third kappa shape index (κ3) is 5.37. The Labute approximate surface area is 186 Å². The summed E-state index contributed by atoms with van der Waals surface area (Å²) in [6.45, 7) is 1.72. The number of aromatic nitrogens is 3. The van der Waals surface area contributed by atoms with Gasteiger partial charge in [0.2, 0.25) is 0 Å². The second-order valence-corrected chi connectivity index (χ2v) is 6.34. The lowest BCUT2D eigenvalue weighted by molar-refractivity contribution is 0.0936. The van der Waals surface area contributed by atoms with Crippen LogP contribution in [0.5, 0.6) is 11.5 Å². The summed E-state index contributed by atoms with van der Waals surface area (Å²) in [6.07, 6.45) is 1.42. The van der Waals surface area contributed by atoms with E-state index in [1.165, 1.54) is 6.33 Å². The van der Waals surface area contributed by atoms with Crippen LogP contribution in [-0.2, 0) is 6.54 Å². The van der Waals surface area contributed by atoms with Gasteiger partial charge in [0.15, 0.2) is 23.3 Å². The lowest BCUT2D eigenvalue weighted by Gasteiger charge is -2.27. The van der Waals surface area contributed by atoms with Gasteiger partial charge in [-0.15, -0.1) is 24.0 Å². The molecule has 0 aliphatic carbocycles. The quantitative estimate of drug-likeness (QED) is 0.280. The fourth-order valence-electron chi connectivity index (χ4n) is 2.95. The minimum Gasteiger partial charge on any atom is -0.486 e. The van der Waals surface area contributed by atoms with Crippen LogP contribution in [0.1, 0.15) is 5.56 Å². The summed E-state index contributed by atoms with van der Waals surface area (Å²) >= 11 is 0. The van der Waals surface area contributed by atoms with Crippen molar-refractivity contribution in [1.29, 1.82) is 0 Å². The molecule has 4 rings (SSSR count). The van der Waals surface area contributed by atoms with Gasteiger partial charge in [-0.1, -0.05) is 30.3 Å². The highest BCUT2D eigenvalue weighted by Gasteiger charge is 2.20. The average molecular weight is 506 g/mol. The summed E-state index contributed by atoms with van der Waals surface area (Å²) in [4.78, 5) is 8.46. The van der Waals surface area contributed by atoms with E-state index < -0.39 is 0 Å². The largest absolute Gasteiger partial charge is 0.486 e. The van der Waals surface area contributed by atoms with Crippen LogP contribution in [-0.4, -0.2) is 47.4 Å². The molecule has 1 aliphatic rings. The topological polar surface area (TPSA) is 96.5 Å². The first-order chi connectivity index (χ1) is 13.8. The Kier molecular flexibility index (Phi) is 7.28. The number of fused-ring (bicyclic) bond motifs is 1. The Morgan fingerprint density at radius 2 is 2.03 bits per heavy atom. The highest BCUT2D eigenvalue weighted by molar-refractivity contribution is 14.0. The molecule has 1 aromatic heterocycles. The van der Waals surface area contributed by atoms with E-state index in [-0.39, 0.29) is 30.1 Å². The van der Waals surface area contributed by atoms with Gasteiger partial charge in [-0.05, 0) is 23.8 Å².